The number of aliphatic carboxylic acids is 1. The molecule has 5 rings (SSSR count). The number of aromatic amines is 1. The number of hydrogen-bond acceptors (Lipinski definition) is 5. The highest BCUT2D eigenvalue weighted by molar-refractivity contribution is 6.44. The number of alkyl halides is 3. The van der Waals surface area contributed by atoms with Crippen LogP contribution in [0.5, 0.6) is 0 Å². The zero-order chi connectivity index (χ0) is 28.9. The van der Waals surface area contributed by atoms with E-state index in [1.54, 1.807) is 18.3 Å². The van der Waals surface area contributed by atoms with Crippen LogP contribution in [0, 0.1) is 6.92 Å². The van der Waals surface area contributed by atoms with Crippen LogP contribution in [0.25, 0.3) is 10.9 Å². The van der Waals surface area contributed by atoms with Crippen molar-refractivity contribution in [3.05, 3.63) is 78.1 Å². The second kappa shape index (κ2) is 12.0. The second-order valence-corrected chi connectivity index (χ2v) is 9.23. The van der Waals surface area contributed by atoms with Gasteiger partial charge in [0.2, 0.25) is 0 Å². The lowest BCUT2D eigenvalue weighted by Crippen LogP contribution is -2.30. The number of likely N-dealkylation sites (tertiary alicyclic amines) is 1. The van der Waals surface area contributed by atoms with Crippen molar-refractivity contribution in [1.29, 1.82) is 0 Å². The highest BCUT2D eigenvalue weighted by Gasteiger charge is 2.38. The van der Waals surface area contributed by atoms with Gasteiger partial charge in [0.15, 0.2) is 0 Å². The van der Waals surface area contributed by atoms with Gasteiger partial charge in [0, 0.05) is 42.8 Å². The molecule has 2 aromatic heterocycles. The van der Waals surface area contributed by atoms with E-state index < -0.39 is 24.0 Å². The molecule has 40 heavy (non-hydrogen) atoms. The number of H-pyrrole nitrogens is 1. The average molecular weight is 557 g/mol. The van der Waals surface area contributed by atoms with E-state index in [1.165, 1.54) is 5.56 Å². The molecule has 0 radical (unpaired) electrons. The fourth-order valence-corrected chi connectivity index (χ4v) is 4.43. The Labute approximate surface area is 226 Å². The van der Waals surface area contributed by atoms with E-state index >= 15 is 0 Å². The number of carboxylic acids is 1. The first-order valence-electron chi connectivity index (χ1n) is 12.3. The van der Waals surface area contributed by atoms with Gasteiger partial charge in [-0.05, 0) is 37.1 Å². The molecule has 13 heteroatoms. The third-order valence-corrected chi connectivity index (χ3v) is 6.23. The van der Waals surface area contributed by atoms with Gasteiger partial charge in [-0.15, -0.1) is 0 Å². The molecule has 210 valence electrons. The lowest BCUT2D eigenvalue weighted by atomic mass is 10.2. The number of nitrogens with one attached hydrogen (secondary N) is 3. The molecule has 0 aliphatic carbocycles. The van der Waals surface area contributed by atoms with Crippen LogP contribution in [0.1, 0.15) is 23.7 Å². The van der Waals surface area contributed by atoms with Gasteiger partial charge in [-0.1, -0.05) is 36.4 Å². The van der Waals surface area contributed by atoms with Crippen LogP contribution in [0.2, 0.25) is 0 Å². The Morgan fingerprint density at radius 2 is 1.75 bits per heavy atom. The van der Waals surface area contributed by atoms with E-state index in [1.807, 2.05) is 35.9 Å². The SMILES string of the molecule is Cc1cc(NC(=O)C(=O)Nc2cccc3[nH]ccc23)n(C2CCN(Cc3ccccc3)C2)n1.O=C(O)C(F)(F)F. The van der Waals surface area contributed by atoms with Crippen molar-refractivity contribution in [2.45, 2.75) is 32.1 Å². The number of aryl methyl sites for hydroxylation is 1. The Morgan fingerprint density at radius 3 is 2.45 bits per heavy atom. The number of anilines is 2. The Balaban J connectivity index is 0.000000470. The first kappa shape index (κ1) is 28.4. The maximum absolute atomic E-state index is 12.7. The Bertz CT molecular complexity index is 1500. The number of carbonyl (C=O) groups excluding carboxylic acids is 2. The lowest BCUT2D eigenvalue weighted by molar-refractivity contribution is -0.192. The number of nitrogens with zero attached hydrogens (tertiary/aromatic N) is 3. The van der Waals surface area contributed by atoms with Crippen LogP contribution in [-0.2, 0) is 20.9 Å². The number of rotatable bonds is 5. The highest BCUT2D eigenvalue weighted by Crippen LogP contribution is 2.27. The Hall–Kier alpha value is -4.65. The normalized spacial score (nSPS) is 15.3. The number of aromatic nitrogens is 3. The summed E-state index contributed by atoms with van der Waals surface area (Å²) in [6.07, 6.45) is -2.36. The van der Waals surface area contributed by atoms with E-state index in [9.17, 15) is 22.8 Å². The maximum atomic E-state index is 12.7. The average Bonchev–Trinajstić information content (AvgIpc) is 3.65. The van der Waals surface area contributed by atoms with Crippen LogP contribution in [-0.4, -0.2) is 61.8 Å². The molecular weight excluding hydrogens is 529 g/mol. The summed E-state index contributed by atoms with van der Waals surface area (Å²) >= 11 is 0. The first-order valence-corrected chi connectivity index (χ1v) is 12.3. The van der Waals surface area contributed by atoms with Gasteiger partial charge in [0.25, 0.3) is 0 Å². The van der Waals surface area contributed by atoms with E-state index in [0.29, 0.717) is 11.5 Å². The number of carbonyl (C=O) groups is 3. The summed E-state index contributed by atoms with van der Waals surface area (Å²) < 4.78 is 33.6. The van der Waals surface area contributed by atoms with Crippen LogP contribution < -0.4 is 10.6 Å². The van der Waals surface area contributed by atoms with Gasteiger partial charge >= 0.3 is 24.0 Å². The molecular formula is C27H27F3N6O4. The standard InChI is InChI=1S/C25H26N6O2.C2HF3O2/c1-17-14-23(28-25(33)24(32)27-22-9-5-8-21-20(22)10-12-26-21)31(29-17)19-11-13-30(16-19)15-18-6-3-2-4-7-18;3-2(4,5)1(6)7/h2-10,12,14,19,26H,11,13,15-16H2,1H3,(H,27,32)(H,28,33);(H,6,7). The molecule has 1 fully saturated rings. The summed E-state index contributed by atoms with van der Waals surface area (Å²) in [5.74, 6) is -3.65. The third-order valence-electron chi connectivity index (χ3n) is 6.23. The monoisotopic (exact) mass is 556 g/mol. The van der Waals surface area contributed by atoms with Crippen molar-refractivity contribution in [2.24, 2.45) is 0 Å². The highest BCUT2D eigenvalue weighted by atomic mass is 19.4. The van der Waals surface area contributed by atoms with Crippen molar-refractivity contribution >= 4 is 40.2 Å². The van der Waals surface area contributed by atoms with E-state index in [2.05, 4.69) is 49.9 Å². The maximum Gasteiger partial charge on any atom is 0.490 e. The van der Waals surface area contributed by atoms with Crippen molar-refractivity contribution in [3.8, 4) is 0 Å². The summed E-state index contributed by atoms with van der Waals surface area (Å²) in [5, 5.41) is 18.1. The molecule has 1 saturated heterocycles. The van der Waals surface area contributed by atoms with Crippen molar-refractivity contribution < 1.29 is 32.7 Å². The summed E-state index contributed by atoms with van der Waals surface area (Å²) in [7, 11) is 0. The number of fused-ring (bicyclic) bond motifs is 1. The van der Waals surface area contributed by atoms with Gasteiger partial charge < -0.3 is 20.7 Å². The molecule has 10 nitrogen and oxygen atoms in total. The molecule has 1 unspecified atom stereocenters. The van der Waals surface area contributed by atoms with Crippen LogP contribution in [0.15, 0.2) is 66.9 Å². The van der Waals surface area contributed by atoms with Crippen LogP contribution >= 0.6 is 0 Å². The summed E-state index contributed by atoms with van der Waals surface area (Å²) in [4.78, 5) is 39.7. The van der Waals surface area contributed by atoms with Gasteiger partial charge in [-0.3, -0.25) is 14.5 Å². The first-order chi connectivity index (χ1) is 19.0. The van der Waals surface area contributed by atoms with E-state index in [-0.39, 0.29) is 6.04 Å². The zero-order valence-electron chi connectivity index (χ0n) is 21.4. The minimum Gasteiger partial charge on any atom is -0.475 e. The number of hydrogen-bond donors (Lipinski definition) is 4. The predicted molar refractivity (Wildman–Crippen MR) is 142 cm³/mol. The van der Waals surface area contributed by atoms with Crippen LogP contribution in [0.4, 0.5) is 24.7 Å². The lowest BCUT2D eigenvalue weighted by Gasteiger charge is -2.18. The van der Waals surface area contributed by atoms with Gasteiger partial charge in [-0.25, -0.2) is 9.48 Å². The molecule has 0 saturated carbocycles. The van der Waals surface area contributed by atoms with E-state index in [4.69, 9.17) is 9.90 Å². The molecule has 4 N–H and O–H groups in total. The summed E-state index contributed by atoms with van der Waals surface area (Å²) in [6, 6.07) is 19.7. The number of carboxylic acid groups (broad SMARTS) is 1. The van der Waals surface area contributed by atoms with Crippen LogP contribution in [0.3, 0.4) is 0 Å². The Kier molecular flexibility index (Phi) is 8.53. The topological polar surface area (TPSA) is 132 Å². The minimum absolute atomic E-state index is 0.134. The molecule has 2 aromatic carbocycles. The largest absolute Gasteiger partial charge is 0.490 e. The Morgan fingerprint density at radius 1 is 1.05 bits per heavy atom. The fourth-order valence-electron chi connectivity index (χ4n) is 4.43. The minimum atomic E-state index is -5.08. The van der Waals surface area contributed by atoms with E-state index in [0.717, 1.165) is 42.7 Å². The number of halogens is 3. The molecule has 1 atom stereocenters. The quantitative estimate of drug-likeness (QED) is 0.271. The van der Waals surface area contributed by atoms with Gasteiger partial charge in [0.1, 0.15) is 5.82 Å². The fraction of sp³-hybridized carbons (Fsp3) is 0.259. The van der Waals surface area contributed by atoms with Crippen molar-refractivity contribution in [1.82, 2.24) is 19.7 Å². The zero-order valence-corrected chi connectivity index (χ0v) is 21.4. The smallest absolute Gasteiger partial charge is 0.475 e. The second-order valence-electron chi connectivity index (χ2n) is 9.23. The number of benzene rings is 2. The molecule has 0 bridgehead atoms. The number of amides is 2. The molecule has 3 heterocycles. The van der Waals surface area contributed by atoms with Gasteiger partial charge in [-0.2, -0.15) is 18.3 Å². The molecule has 2 amide bonds. The van der Waals surface area contributed by atoms with Crippen molar-refractivity contribution in [2.75, 3.05) is 23.7 Å². The third kappa shape index (κ3) is 7.05. The predicted octanol–water partition coefficient (Wildman–Crippen LogP) is 4.33. The molecule has 1 aliphatic heterocycles. The molecule has 4 aromatic rings. The van der Waals surface area contributed by atoms with Crippen molar-refractivity contribution in [3.63, 3.8) is 0 Å². The molecule has 1 aliphatic rings. The summed E-state index contributed by atoms with van der Waals surface area (Å²) in [5.41, 5.74) is 3.55. The van der Waals surface area contributed by atoms with Gasteiger partial charge in [0.05, 0.1) is 17.4 Å². The summed E-state index contributed by atoms with van der Waals surface area (Å²) in [6.45, 7) is 4.55. The molecule has 0 spiro atoms.